The van der Waals surface area contributed by atoms with Gasteiger partial charge in [0.15, 0.2) is 6.29 Å². The highest BCUT2D eigenvalue weighted by Gasteiger charge is 2.43. The van der Waals surface area contributed by atoms with E-state index in [0.717, 1.165) is 16.8 Å². The third-order valence-corrected chi connectivity index (χ3v) is 7.11. The first-order valence-electron chi connectivity index (χ1n) is 14.7. The number of ether oxygens (including phenoxy) is 5. The first kappa shape index (κ1) is 33.8. The zero-order valence-electron chi connectivity index (χ0n) is 24.5. The van der Waals surface area contributed by atoms with Gasteiger partial charge in [-0.3, -0.25) is 4.79 Å². The summed E-state index contributed by atoms with van der Waals surface area (Å²) in [7, 11) is 0. The molecular formula is C30H42N4O10. The van der Waals surface area contributed by atoms with Gasteiger partial charge in [-0.15, -0.1) is 5.10 Å². The van der Waals surface area contributed by atoms with E-state index in [1.807, 2.05) is 54.8 Å². The Balaban J connectivity index is 1.02. The van der Waals surface area contributed by atoms with Crippen molar-refractivity contribution in [2.45, 2.75) is 43.7 Å². The maximum atomic E-state index is 11.8. The van der Waals surface area contributed by atoms with Crippen LogP contribution in [0.5, 0.6) is 0 Å². The number of nitrogens with one attached hydrogen (secondary N) is 1. The van der Waals surface area contributed by atoms with Gasteiger partial charge in [0.25, 0.3) is 0 Å². The maximum absolute atomic E-state index is 11.8. The molecule has 14 heteroatoms. The molecule has 0 saturated carbocycles. The quantitative estimate of drug-likeness (QED) is 0.124. The normalized spacial score (nSPS) is 23.4. The fourth-order valence-electron chi connectivity index (χ4n) is 4.55. The predicted octanol–water partition coefficient (Wildman–Crippen LogP) is -0.788. The summed E-state index contributed by atoms with van der Waals surface area (Å²) < 4.78 is 29.2. The second-order valence-electron chi connectivity index (χ2n) is 10.3. The van der Waals surface area contributed by atoms with Crippen molar-refractivity contribution in [3.63, 3.8) is 0 Å². The number of hydrogen-bond donors (Lipinski definition) is 5. The van der Waals surface area contributed by atoms with E-state index in [0.29, 0.717) is 59.2 Å². The number of amides is 1. The average molecular weight is 619 g/mol. The molecule has 0 radical (unpaired) electrons. The van der Waals surface area contributed by atoms with Gasteiger partial charge in [-0.25, -0.2) is 4.68 Å². The van der Waals surface area contributed by atoms with Crippen LogP contribution in [0.25, 0.3) is 11.3 Å². The summed E-state index contributed by atoms with van der Waals surface area (Å²) in [5.41, 5.74) is 2.60. The molecule has 44 heavy (non-hydrogen) atoms. The first-order valence-corrected chi connectivity index (χ1v) is 14.7. The van der Waals surface area contributed by atoms with Gasteiger partial charge in [-0.1, -0.05) is 53.8 Å². The number of rotatable bonds is 19. The zero-order chi connectivity index (χ0) is 31.1. The Morgan fingerprint density at radius 1 is 0.886 bits per heavy atom. The Kier molecular flexibility index (Phi) is 13.9. The number of allylic oxidation sites excluding steroid dienone is 2. The molecule has 2 heterocycles. The molecule has 14 nitrogen and oxygen atoms in total. The lowest BCUT2D eigenvalue weighted by molar-refractivity contribution is -0.300. The molecule has 242 valence electrons. The lowest BCUT2D eigenvalue weighted by Gasteiger charge is -2.39. The molecule has 2 aromatic rings. The summed E-state index contributed by atoms with van der Waals surface area (Å²) in [6, 6.07) is 7.72. The second kappa shape index (κ2) is 18.0. The molecule has 4 rings (SSSR count). The molecule has 1 saturated heterocycles. The van der Waals surface area contributed by atoms with E-state index in [-0.39, 0.29) is 18.4 Å². The lowest BCUT2D eigenvalue weighted by Crippen LogP contribution is -2.59. The van der Waals surface area contributed by atoms with Crippen LogP contribution in [-0.2, 0) is 41.4 Å². The fourth-order valence-corrected chi connectivity index (χ4v) is 4.55. The highest BCUT2D eigenvalue weighted by atomic mass is 16.7. The Morgan fingerprint density at radius 3 is 2.27 bits per heavy atom. The van der Waals surface area contributed by atoms with Crippen molar-refractivity contribution in [3.05, 3.63) is 60.3 Å². The third-order valence-electron chi connectivity index (χ3n) is 7.11. The minimum atomic E-state index is -1.47. The van der Waals surface area contributed by atoms with E-state index in [4.69, 9.17) is 23.7 Å². The molecule has 1 aliphatic carbocycles. The molecule has 0 unspecified atom stereocenters. The number of carbonyl (C=O) groups excluding carboxylic acids is 1. The summed E-state index contributed by atoms with van der Waals surface area (Å²) in [6.07, 6.45) is 3.32. The molecular weight excluding hydrogens is 576 g/mol. The summed E-state index contributed by atoms with van der Waals surface area (Å²) in [5, 5.41) is 50.3. The number of benzene rings is 1. The number of aliphatic hydroxyl groups excluding tert-OH is 4. The molecule has 1 aliphatic heterocycles. The van der Waals surface area contributed by atoms with Gasteiger partial charge in [0.2, 0.25) is 5.91 Å². The van der Waals surface area contributed by atoms with Gasteiger partial charge in [0, 0.05) is 12.1 Å². The van der Waals surface area contributed by atoms with Gasteiger partial charge in [-0.05, 0) is 12.0 Å². The van der Waals surface area contributed by atoms with Crippen LogP contribution in [0.3, 0.4) is 0 Å². The number of hydrogen-bond acceptors (Lipinski definition) is 12. The van der Waals surface area contributed by atoms with Crippen LogP contribution in [-0.4, -0.2) is 131 Å². The number of nitrogens with zero attached hydrogens (tertiary/aromatic N) is 3. The average Bonchev–Trinajstić information content (AvgIpc) is 3.75. The zero-order valence-corrected chi connectivity index (χ0v) is 24.5. The smallest absolute Gasteiger partial charge is 0.230 e. The minimum absolute atomic E-state index is 0.0262. The van der Waals surface area contributed by atoms with Crippen LogP contribution in [0, 0.1) is 5.92 Å². The van der Waals surface area contributed by atoms with Crippen LogP contribution in [0.4, 0.5) is 0 Å². The van der Waals surface area contributed by atoms with Gasteiger partial charge in [0.1, 0.15) is 30.1 Å². The van der Waals surface area contributed by atoms with Crippen LogP contribution in [0.1, 0.15) is 5.56 Å². The van der Waals surface area contributed by atoms with E-state index >= 15 is 0 Å². The van der Waals surface area contributed by atoms with E-state index in [1.54, 1.807) is 4.68 Å². The molecule has 2 aliphatic rings. The van der Waals surface area contributed by atoms with Gasteiger partial charge in [0.05, 0.1) is 71.5 Å². The van der Waals surface area contributed by atoms with Crippen LogP contribution in [0.2, 0.25) is 0 Å². The molecule has 0 spiro atoms. The topological polar surface area (TPSA) is 187 Å². The fraction of sp³-hybridized carbons (Fsp3) is 0.567. The van der Waals surface area contributed by atoms with Crippen molar-refractivity contribution in [1.82, 2.24) is 20.3 Å². The predicted molar refractivity (Wildman–Crippen MR) is 156 cm³/mol. The second-order valence-corrected chi connectivity index (χ2v) is 10.3. The number of aliphatic hydroxyl groups is 4. The Bertz CT molecular complexity index is 1180. The molecule has 5 N–H and O–H groups in total. The first-order chi connectivity index (χ1) is 21.5. The molecule has 5 atom stereocenters. The molecule has 1 aromatic carbocycles. The Morgan fingerprint density at radius 2 is 1.57 bits per heavy atom. The highest BCUT2D eigenvalue weighted by Crippen LogP contribution is 2.22. The Labute approximate surface area is 255 Å². The minimum Gasteiger partial charge on any atom is -0.394 e. The standard InChI is InChI=1S/C30H42N4O10/c35-20-25-26(36)27(37)28(38)30(44-25)43-12-9-21-5-7-22(8-6-21)24-19-34(33-32-24)11-14-41-16-18-42-17-15-40-13-10-31-29(39)23-3-1-2-4-23/h1-8,19,23,25-28,30,35-38H,9-18,20H2,(H,31,39)/t25-,26-,27+,28-,30-/m1/s1. The Hall–Kier alpha value is -3.05. The number of aromatic nitrogens is 3. The highest BCUT2D eigenvalue weighted by molar-refractivity contribution is 5.83. The van der Waals surface area contributed by atoms with E-state index in [2.05, 4.69) is 15.6 Å². The maximum Gasteiger partial charge on any atom is 0.230 e. The summed E-state index contributed by atoms with van der Waals surface area (Å²) in [4.78, 5) is 11.8. The van der Waals surface area contributed by atoms with Crippen molar-refractivity contribution in [1.29, 1.82) is 0 Å². The summed E-state index contributed by atoms with van der Waals surface area (Å²) >= 11 is 0. The van der Waals surface area contributed by atoms with Crippen LogP contribution >= 0.6 is 0 Å². The van der Waals surface area contributed by atoms with Crippen molar-refractivity contribution in [2.24, 2.45) is 5.92 Å². The SMILES string of the molecule is O=C(NCCOCCOCCOCCn1cc(-c2ccc(CCO[C@@H]3O[C@H](CO)[C@@H](O)[C@H](O)[C@H]3O)cc2)nn1)C1C=CC=C1. The molecule has 0 bridgehead atoms. The lowest BCUT2D eigenvalue weighted by atomic mass is 9.99. The van der Waals surface area contributed by atoms with Crippen LogP contribution in [0.15, 0.2) is 54.8 Å². The monoisotopic (exact) mass is 618 g/mol. The van der Waals surface area contributed by atoms with Crippen molar-refractivity contribution in [3.8, 4) is 11.3 Å². The van der Waals surface area contributed by atoms with E-state index < -0.39 is 37.3 Å². The van der Waals surface area contributed by atoms with Crippen molar-refractivity contribution >= 4 is 5.91 Å². The van der Waals surface area contributed by atoms with E-state index in [9.17, 15) is 25.2 Å². The van der Waals surface area contributed by atoms with Crippen molar-refractivity contribution in [2.75, 3.05) is 59.4 Å². The summed E-state index contributed by atoms with van der Waals surface area (Å²) in [5.74, 6) is -0.206. The number of carbonyl (C=O) groups is 1. The molecule has 1 amide bonds. The molecule has 1 fully saturated rings. The van der Waals surface area contributed by atoms with Gasteiger partial charge < -0.3 is 49.4 Å². The van der Waals surface area contributed by atoms with Gasteiger partial charge >= 0.3 is 0 Å². The van der Waals surface area contributed by atoms with E-state index in [1.165, 1.54) is 0 Å². The summed E-state index contributed by atoms with van der Waals surface area (Å²) in [6.45, 7) is 3.38. The molecule has 1 aromatic heterocycles. The van der Waals surface area contributed by atoms with Crippen molar-refractivity contribution < 1.29 is 48.9 Å². The van der Waals surface area contributed by atoms with Gasteiger partial charge in [-0.2, -0.15) is 0 Å². The van der Waals surface area contributed by atoms with Crippen LogP contribution < -0.4 is 5.32 Å². The largest absolute Gasteiger partial charge is 0.394 e. The third kappa shape index (κ3) is 10.3.